The minimum atomic E-state index is -2.64. The molecule has 1 amide bonds. The Labute approximate surface area is 108 Å². The van der Waals surface area contributed by atoms with E-state index in [0.717, 1.165) is 6.07 Å². The van der Waals surface area contributed by atoms with E-state index in [1.165, 1.54) is 12.1 Å². The van der Waals surface area contributed by atoms with E-state index in [4.69, 9.17) is 0 Å². The van der Waals surface area contributed by atoms with E-state index in [2.05, 4.69) is 5.32 Å². The molecule has 0 aromatic heterocycles. The van der Waals surface area contributed by atoms with Crippen LogP contribution in [0.25, 0.3) is 0 Å². The predicted octanol–water partition coefficient (Wildman–Crippen LogP) is 2.02. The first kappa shape index (κ1) is 14.8. The van der Waals surface area contributed by atoms with E-state index in [-0.39, 0.29) is 16.9 Å². The second kappa shape index (κ2) is 6.62. The molecule has 0 heterocycles. The first-order valence-electron chi connectivity index (χ1n) is 5.54. The summed E-state index contributed by atoms with van der Waals surface area (Å²) in [5.74, 6) is -0.700. The lowest BCUT2D eigenvalue weighted by Crippen LogP contribution is -2.28. The molecule has 0 aliphatic carbocycles. The molecule has 6 nitrogen and oxygen atoms in total. The summed E-state index contributed by atoms with van der Waals surface area (Å²) < 4.78 is 23.9. The maximum Gasteiger partial charge on any atom is 0.292 e. The first-order valence-corrected chi connectivity index (χ1v) is 5.54. The summed E-state index contributed by atoms with van der Waals surface area (Å²) in [5.41, 5.74) is 0.0895. The van der Waals surface area contributed by atoms with Crippen molar-refractivity contribution in [2.45, 2.75) is 13.3 Å². The van der Waals surface area contributed by atoms with Crippen molar-refractivity contribution in [2.24, 2.45) is 0 Å². The molecule has 19 heavy (non-hydrogen) atoms. The number of nitro benzene ring substituents is 1. The number of nitro groups is 1. The van der Waals surface area contributed by atoms with Crippen LogP contribution in [0.3, 0.4) is 0 Å². The smallest absolute Gasteiger partial charge is 0.292 e. The third kappa shape index (κ3) is 4.16. The van der Waals surface area contributed by atoms with E-state index in [9.17, 15) is 23.7 Å². The van der Waals surface area contributed by atoms with Crippen LogP contribution in [0.15, 0.2) is 18.2 Å². The predicted molar refractivity (Wildman–Crippen MR) is 65.6 cm³/mol. The zero-order valence-electron chi connectivity index (χ0n) is 10.2. The highest BCUT2D eigenvalue weighted by molar-refractivity contribution is 5.95. The molecule has 8 heteroatoms. The van der Waals surface area contributed by atoms with Gasteiger partial charge in [-0.3, -0.25) is 14.9 Å². The van der Waals surface area contributed by atoms with Gasteiger partial charge >= 0.3 is 0 Å². The number of amides is 1. The van der Waals surface area contributed by atoms with Crippen molar-refractivity contribution in [3.05, 3.63) is 33.9 Å². The standard InChI is InChI=1S/C11H13F2N3O3/c1-2-14-8-5-7(3-4-9(8)16(18)19)11(17)15-6-10(12)13/h3-5,10,14H,2,6H2,1H3,(H,15,17). The van der Waals surface area contributed by atoms with Gasteiger partial charge in [-0.1, -0.05) is 0 Å². The molecule has 0 aliphatic rings. The van der Waals surface area contributed by atoms with E-state index in [0.29, 0.717) is 6.54 Å². The Kier molecular flexibility index (Phi) is 5.16. The number of hydrogen-bond acceptors (Lipinski definition) is 4. The summed E-state index contributed by atoms with van der Waals surface area (Å²) in [6.07, 6.45) is -2.64. The van der Waals surface area contributed by atoms with Crippen LogP contribution >= 0.6 is 0 Å². The van der Waals surface area contributed by atoms with E-state index >= 15 is 0 Å². The topological polar surface area (TPSA) is 84.3 Å². The maximum atomic E-state index is 12.0. The summed E-state index contributed by atoms with van der Waals surface area (Å²) in [6, 6.07) is 3.65. The van der Waals surface area contributed by atoms with E-state index in [1.807, 2.05) is 5.32 Å². The van der Waals surface area contributed by atoms with Gasteiger partial charge in [0.2, 0.25) is 0 Å². The number of benzene rings is 1. The minimum Gasteiger partial charge on any atom is -0.380 e. The molecule has 1 aromatic rings. The monoisotopic (exact) mass is 273 g/mol. The molecule has 0 saturated carbocycles. The van der Waals surface area contributed by atoms with Crippen LogP contribution in [0.4, 0.5) is 20.2 Å². The molecule has 0 saturated heterocycles. The average molecular weight is 273 g/mol. The summed E-state index contributed by atoms with van der Waals surface area (Å²) in [5, 5.41) is 15.5. The summed E-state index contributed by atoms with van der Waals surface area (Å²) in [6.45, 7) is 1.42. The van der Waals surface area contributed by atoms with Gasteiger partial charge in [0.05, 0.1) is 11.5 Å². The number of nitrogens with one attached hydrogen (secondary N) is 2. The highest BCUT2D eigenvalue weighted by Crippen LogP contribution is 2.25. The normalized spacial score (nSPS) is 10.3. The molecule has 104 valence electrons. The Morgan fingerprint density at radius 2 is 2.16 bits per heavy atom. The molecular weight excluding hydrogens is 260 g/mol. The molecule has 0 atom stereocenters. The molecule has 0 bridgehead atoms. The second-order valence-electron chi connectivity index (χ2n) is 3.62. The molecule has 1 aromatic carbocycles. The Hall–Kier alpha value is -2.25. The number of alkyl halides is 2. The molecular formula is C11H13F2N3O3. The lowest BCUT2D eigenvalue weighted by Gasteiger charge is -2.08. The van der Waals surface area contributed by atoms with Crippen molar-refractivity contribution < 1.29 is 18.5 Å². The van der Waals surface area contributed by atoms with Crippen LogP contribution < -0.4 is 10.6 Å². The Bertz CT molecular complexity index is 480. The van der Waals surface area contributed by atoms with Crippen LogP contribution in [-0.2, 0) is 0 Å². The van der Waals surface area contributed by atoms with Crippen molar-refractivity contribution in [1.82, 2.24) is 5.32 Å². The van der Waals surface area contributed by atoms with E-state index in [1.54, 1.807) is 6.92 Å². The molecule has 1 rings (SSSR count). The van der Waals surface area contributed by atoms with Crippen LogP contribution in [0.2, 0.25) is 0 Å². The van der Waals surface area contributed by atoms with E-state index < -0.39 is 23.8 Å². The van der Waals surface area contributed by atoms with Crippen molar-refractivity contribution in [2.75, 3.05) is 18.4 Å². The Morgan fingerprint density at radius 1 is 1.47 bits per heavy atom. The van der Waals surface area contributed by atoms with Gasteiger partial charge in [0.25, 0.3) is 18.0 Å². The molecule has 0 unspecified atom stereocenters. The largest absolute Gasteiger partial charge is 0.380 e. The number of rotatable bonds is 6. The fourth-order valence-electron chi connectivity index (χ4n) is 1.44. The quantitative estimate of drug-likeness (QED) is 0.613. The number of carbonyl (C=O) groups is 1. The van der Waals surface area contributed by atoms with Gasteiger partial charge in [0.15, 0.2) is 0 Å². The van der Waals surface area contributed by atoms with Crippen molar-refractivity contribution >= 4 is 17.3 Å². The highest BCUT2D eigenvalue weighted by atomic mass is 19.3. The molecule has 0 fully saturated rings. The van der Waals surface area contributed by atoms with Gasteiger partial charge in [0.1, 0.15) is 5.69 Å². The third-order valence-electron chi connectivity index (χ3n) is 2.24. The van der Waals surface area contributed by atoms with Gasteiger partial charge in [-0.2, -0.15) is 0 Å². The first-order chi connectivity index (χ1) is 8.95. The maximum absolute atomic E-state index is 12.0. The lowest BCUT2D eigenvalue weighted by molar-refractivity contribution is -0.384. The van der Waals surface area contributed by atoms with Crippen LogP contribution in [0, 0.1) is 10.1 Å². The molecule has 0 spiro atoms. The van der Waals surface area contributed by atoms with Gasteiger partial charge in [-0.15, -0.1) is 0 Å². The summed E-state index contributed by atoms with van der Waals surface area (Å²) in [4.78, 5) is 21.7. The van der Waals surface area contributed by atoms with Crippen molar-refractivity contribution in [3.63, 3.8) is 0 Å². The Balaban J connectivity index is 2.94. The van der Waals surface area contributed by atoms with Crippen LogP contribution in [0.1, 0.15) is 17.3 Å². The van der Waals surface area contributed by atoms with Crippen LogP contribution in [0.5, 0.6) is 0 Å². The van der Waals surface area contributed by atoms with Gasteiger partial charge in [-0.05, 0) is 19.1 Å². The van der Waals surface area contributed by atoms with Crippen LogP contribution in [-0.4, -0.2) is 30.3 Å². The number of halogens is 2. The second-order valence-corrected chi connectivity index (χ2v) is 3.62. The molecule has 0 radical (unpaired) electrons. The Morgan fingerprint density at radius 3 is 2.68 bits per heavy atom. The van der Waals surface area contributed by atoms with Gasteiger partial charge < -0.3 is 10.6 Å². The zero-order valence-corrected chi connectivity index (χ0v) is 10.2. The van der Waals surface area contributed by atoms with Gasteiger partial charge in [0, 0.05) is 18.2 Å². The fraction of sp³-hybridized carbons (Fsp3) is 0.364. The molecule has 0 aliphatic heterocycles. The molecule has 2 N–H and O–H groups in total. The summed E-state index contributed by atoms with van der Waals surface area (Å²) >= 11 is 0. The number of carbonyl (C=O) groups excluding carboxylic acids is 1. The number of anilines is 1. The van der Waals surface area contributed by atoms with Crippen molar-refractivity contribution in [3.8, 4) is 0 Å². The zero-order chi connectivity index (χ0) is 14.4. The fourth-order valence-corrected chi connectivity index (χ4v) is 1.44. The minimum absolute atomic E-state index is 0.0854. The van der Waals surface area contributed by atoms with Gasteiger partial charge in [-0.25, -0.2) is 8.78 Å². The highest BCUT2D eigenvalue weighted by Gasteiger charge is 2.16. The third-order valence-corrected chi connectivity index (χ3v) is 2.24. The summed E-state index contributed by atoms with van der Waals surface area (Å²) in [7, 11) is 0. The SMILES string of the molecule is CCNc1cc(C(=O)NCC(F)F)ccc1[N+](=O)[O-]. The van der Waals surface area contributed by atoms with Crippen molar-refractivity contribution in [1.29, 1.82) is 0 Å². The lowest BCUT2D eigenvalue weighted by atomic mass is 10.1. The number of nitrogens with zero attached hydrogens (tertiary/aromatic N) is 1. The number of hydrogen-bond donors (Lipinski definition) is 2. The average Bonchev–Trinajstić information content (AvgIpc) is 2.35.